The van der Waals surface area contributed by atoms with E-state index in [0.29, 0.717) is 12.3 Å². The Hall–Kier alpha value is -3.05. The summed E-state index contributed by atoms with van der Waals surface area (Å²) in [6.07, 6.45) is 6.50. The number of benzene rings is 2. The molecule has 4 nitrogen and oxygen atoms in total. The minimum Gasteiger partial charge on any atom is -0.461 e. The second-order valence-corrected chi connectivity index (χ2v) is 8.92. The SMILES string of the molecule is CCOC(=O)C1=CSC2=NC3=C(CCCC/C3=C\c3ccccc3)C(c3ccccc3)N12. The number of esters is 1. The van der Waals surface area contributed by atoms with Crippen molar-refractivity contribution >= 4 is 29.0 Å². The van der Waals surface area contributed by atoms with Crippen LogP contribution in [0.4, 0.5) is 0 Å². The minimum absolute atomic E-state index is 0.0540. The topological polar surface area (TPSA) is 41.9 Å². The quantitative estimate of drug-likeness (QED) is 0.510. The van der Waals surface area contributed by atoms with Gasteiger partial charge in [-0.3, -0.25) is 0 Å². The average Bonchev–Trinajstić information content (AvgIpc) is 3.15. The highest BCUT2D eigenvalue weighted by Crippen LogP contribution is 2.48. The summed E-state index contributed by atoms with van der Waals surface area (Å²) in [5.41, 5.74) is 6.61. The van der Waals surface area contributed by atoms with Crippen LogP contribution in [0.1, 0.15) is 49.8 Å². The van der Waals surface area contributed by atoms with Gasteiger partial charge in [-0.15, -0.1) is 0 Å². The van der Waals surface area contributed by atoms with Gasteiger partial charge < -0.3 is 9.64 Å². The first-order valence-electron chi connectivity index (χ1n) is 11.2. The van der Waals surface area contributed by atoms with Gasteiger partial charge in [0.2, 0.25) is 0 Å². The molecule has 0 saturated carbocycles. The third-order valence-corrected chi connectivity index (χ3v) is 6.87. The van der Waals surface area contributed by atoms with Crippen LogP contribution in [-0.4, -0.2) is 22.6 Å². The van der Waals surface area contributed by atoms with Gasteiger partial charge in [0.05, 0.1) is 18.3 Å². The van der Waals surface area contributed by atoms with E-state index < -0.39 is 0 Å². The molecule has 5 heteroatoms. The van der Waals surface area contributed by atoms with E-state index in [2.05, 4.69) is 59.5 Å². The Bertz CT molecular complexity index is 1130. The first kappa shape index (κ1) is 20.8. The fourth-order valence-electron chi connectivity index (χ4n) is 4.62. The van der Waals surface area contributed by atoms with Crippen LogP contribution in [0.5, 0.6) is 0 Å². The lowest BCUT2D eigenvalue weighted by molar-refractivity contribution is -0.139. The number of ether oxygens (including phenoxy) is 1. The molecule has 1 unspecified atom stereocenters. The van der Waals surface area contributed by atoms with Crippen LogP contribution in [0.15, 0.2) is 93.6 Å². The Morgan fingerprint density at radius 3 is 2.56 bits per heavy atom. The molecule has 0 amide bonds. The molecule has 2 aromatic rings. The van der Waals surface area contributed by atoms with Crippen LogP contribution in [0, 0.1) is 0 Å². The van der Waals surface area contributed by atoms with Crippen molar-refractivity contribution in [3.05, 3.63) is 99.7 Å². The highest BCUT2D eigenvalue weighted by molar-refractivity contribution is 8.16. The number of fused-ring (bicyclic) bond motifs is 1. The predicted molar refractivity (Wildman–Crippen MR) is 131 cm³/mol. The number of amidine groups is 1. The van der Waals surface area contributed by atoms with Crippen molar-refractivity contribution in [2.24, 2.45) is 4.99 Å². The zero-order valence-electron chi connectivity index (χ0n) is 18.2. The molecule has 0 aromatic heterocycles. The number of carbonyl (C=O) groups is 1. The third kappa shape index (κ3) is 3.93. The molecule has 0 bridgehead atoms. The fourth-order valence-corrected chi connectivity index (χ4v) is 5.51. The van der Waals surface area contributed by atoms with Crippen molar-refractivity contribution in [3.8, 4) is 0 Å². The number of allylic oxidation sites excluding steroid dienone is 1. The van der Waals surface area contributed by atoms with Crippen molar-refractivity contribution in [3.63, 3.8) is 0 Å². The largest absolute Gasteiger partial charge is 0.461 e. The molecule has 2 aromatic carbocycles. The molecule has 2 heterocycles. The van der Waals surface area contributed by atoms with E-state index in [1.165, 1.54) is 34.0 Å². The van der Waals surface area contributed by atoms with Crippen LogP contribution in [0.3, 0.4) is 0 Å². The van der Waals surface area contributed by atoms with Gasteiger partial charge in [-0.2, -0.15) is 0 Å². The second kappa shape index (κ2) is 9.21. The van der Waals surface area contributed by atoms with Crippen molar-refractivity contribution in [1.29, 1.82) is 0 Å². The second-order valence-electron chi connectivity index (χ2n) is 8.08. The monoisotopic (exact) mass is 442 g/mol. The Kier molecular flexibility index (Phi) is 5.99. The summed E-state index contributed by atoms with van der Waals surface area (Å²) in [6, 6.07) is 20.9. The molecule has 162 valence electrons. The van der Waals surface area contributed by atoms with E-state index in [1.807, 2.05) is 24.5 Å². The maximum absolute atomic E-state index is 12.8. The first-order chi connectivity index (χ1) is 15.8. The molecule has 0 saturated heterocycles. The van der Waals surface area contributed by atoms with Gasteiger partial charge in [-0.25, -0.2) is 9.79 Å². The number of aliphatic imine (C=N–C) groups is 1. The van der Waals surface area contributed by atoms with Crippen LogP contribution >= 0.6 is 11.8 Å². The predicted octanol–water partition coefficient (Wildman–Crippen LogP) is 6.46. The summed E-state index contributed by atoms with van der Waals surface area (Å²) in [7, 11) is 0. The fraction of sp³-hybridized carbons (Fsp3) is 0.259. The number of thioether (sulfide) groups is 1. The number of nitrogens with zero attached hydrogens (tertiary/aromatic N) is 2. The number of rotatable bonds is 4. The lowest BCUT2D eigenvalue weighted by Gasteiger charge is -2.37. The Labute approximate surface area is 193 Å². The lowest BCUT2D eigenvalue weighted by atomic mass is 9.90. The highest BCUT2D eigenvalue weighted by atomic mass is 32.2. The van der Waals surface area contributed by atoms with Crippen molar-refractivity contribution in [2.75, 3.05) is 6.61 Å². The Morgan fingerprint density at radius 2 is 1.81 bits per heavy atom. The molecule has 0 radical (unpaired) electrons. The van der Waals surface area contributed by atoms with Gasteiger partial charge in [0, 0.05) is 5.41 Å². The van der Waals surface area contributed by atoms with E-state index in [4.69, 9.17) is 9.73 Å². The molecule has 1 aliphatic carbocycles. The highest BCUT2D eigenvalue weighted by Gasteiger charge is 2.41. The third-order valence-electron chi connectivity index (χ3n) is 6.03. The molecule has 32 heavy (non-hydrogen) atoms. The van der Waals surface area contributed by atoms with E-state index in [9.17, 15) is 4.79 Å². The van der Waals surface area contributed by atoms with Crippen molar-refractivity contribution in [2.45, 2.75) is 38.6 Å². The first-order valence-corrected chi connectivity index (χ1v) is 12.1. The maximum Gasteiger partial charge on any atom is 0.355 e. The number of hydrogen-bond donors (Lipinski definition) is 0. The minimum atomic E-state index is -0.288. The van der Waals surface area contributed by atoms with Gasteiger partial charge in [0.1, 0.15) is 5.70 Å². The lowest BCUT2D eigenvalue weighted by Crippen LogP contribution is -2.37. The van der Waals surface area contributed by atoms with Gasteiger partial charge in [-0.05, 0) is 61.0 Å². The maximum atomic E-state index is 12.8. The molecular weight excluding hydrogens is 416 g/mol. The van der Waals surface area contributed by atoms with E-state index in [-0.39, 0.29) is 12.0 Å². The van der Waals surface area contributed by atoms with Crippen LogP contribution in [0.25, 0.3) is 6.08 Å². The molecule has 0 spiro atoms. The van der Waals surface area contributed by atoms with Gasteiger partial charge in [0.15, 0.2) is 5.17 Å². The van der Waals surface area contributed by atoms with Crippen molar-refractivity contribution < 1.29 is 9.53 Å². The van der Waals surface area contributed by atoms with Crippen molar-refractivity contribution in [1.82, 2.24) is 4.90 Å². The normalized spacial score (nSPS) is 21.5. The smallest absolute Gasteiger partial charge is 0.355 e. The van der Waals surface area contributed by atoms with Gasteiger partial charge in [0.25, 0.3) is 0 Å². The Balaban J connectivity index is 1.65. The standard InChI is InChI=1S/C27H26N2O2S/c1-2-31-26(30)23-18-32-27-28-24-21(17-19-11-5-3-6-12-19)15-9-10-16-22(24)25(29(23)27)20-13-7-4-8-14-20/h3-8,11-14,17-18,25H,2,9-10,15-16H2,1H3/b21-17+. The zero-order chi connectivity index (χ0) is 21.9. The summed E-state index contributed by atoms with van der Waals surface area (Å²) >= 11 is 1.51. The number of hydrogen-bond acceptors (Lipinski definition) is 5. The van der Waals surface area contributed by atoms with Crippen LogP contribution < -0.4 is 0 Å². The molecule has 0 N–H and O–H groups in total. The molecular formula is C27H26N2O2S. The number of carbonyl (C=O) groups excluding carboxylic acids is 1. The van der Waals surface area contributed by atoms with Crippen LogP contribution in [0.2, 0.25) is 0 Å². The molecule has 2 aliphatic heterocycles. The Morgan fingerprint density at radius 1 is 1.09 bits per heavy atom. The summed E-state index contributed by atoms with van der Waals surface area (Å²) < 4.78 is 5.38. The molecule has 5 rings (SSSR count). The summed E-state index contributed by atoms with van der Waals surface area (Å²) in [4.78, 5) is 20.0. The van der Waals surface area contributed by atoms with Gasteiger partial charge in [-0.1, -0.05) is 72.4 Å². The van der Waals surface area contributed by atoms with Crippen LogP contribution in [-0.2, 0) is 9.53 Å². The zero-order valence-corrected chi connectivity index (χ0v) is 19.0. The average molecular weight is 443 g/mol. The summed E-state index contributed by atoms with van der Waals surface area (Å²) in [6.45, 7) is 2.20. The van der Waals surface area contributed by atoms with Gasteiger partial charge >= 0.3 is 5.97 Å². The summed E-state index contributed by atoms with van der Waals surface area (Å²) in [5.74, 6) is -0.288. The molecule has 3 aliphatic rings. The summed E-state index contributed by atoms with van der Waals surface area (Å²) in [5, 5.41) is 2.74. The van der Waals surface area contributed by atoms with E-state index >= 15 is 0 Å². The molecule has 0 fully saturated rings. The van der Waals surface area contributed by atoms with E-state index in [0.717, 1.165) is 36.5 Å². The van der Waals surface area contributed by atoms with E-state index in [1.54, 1.807) is 0 Å². The molecule has 1 atom stereocenters.